The summed E-state index contributed by atoms with van der Waals surface area (Å²) in [6, 6.07) is 15.8. The van der Waals surface area contributed by atoms with E-state index in [2.05, 4.69) is 49.5 Å². The van der Waals surface area contributed by atoms with Gasteiger partial charge in [0, 0.05) is 32.2 Å². The Bertz CT molecular complexity index is 863. The Labute approximate surface area is 211 Å². The zero-order chi connectivity index (χ0) is 22.8. The van der Waals surface area contributed by atoms with Crippen LogP contribution in [0.4, 0.5) is 8.78 Å². The van der Waals surface area contributed by atoms with Gasteiger partial charge in [-0.2, -0.15) is 8.78 Å². The zero-order valence-corrected chi connectivity index (χ0v) is 21.4. The Kier molecular flexibility index (Phi) is 11.7. The van der Waals surface area contributed by atoms with Crippen LogP contribution in [-0.2, 0) is 13.1 Å². The SMILES string of the molecule is CCNC(=NCc1ccc(OC)c(OC(F)F)c1)NC1CCN(Cc2ccccc2)CC1.I. The Balaban J connectivity index is 0.00000385. The first-order valence-corrected chi connectivity index (χ1v) is 11.0. The number of piperidine rings is 1. The van der Waals surface area contributed by atoms with Gasteiger partial charge in [-0.25, -0.2) is 4.99 Å². The number of benzene rings is 2. The Hall–Kier alpha value is -2.14. The number of ether oxygens (including phenoxy) is 2. The number of hydrogen-bond acceptors (Lipinski definition) is 4. The Morgan fingerprint density at radius 2 is 1.82 bits per heavy atom. The lowest BCUT2D eigenvalue weighted by molar-refractivity contribution is -0.0512. The van der Waals surface area contributed by atoms with Crippen molar-refractivity contribution in [2.75, 3.05) is 26.7 Å². The molecular weight excluding hydrogens is 541 g/mol. The lowest BCUT2D eigenvalue weighted by Crippen LogP contribution is -2.48. The van der Waals surface area contributed by atoms with Gasteiger partial charge in [-0.05, 0) is 43.0 Å². The van der Waals surface area contributed by atoms with E-state index in [0.717, 1.165) is 50.5 Å². The minimum absolute atomic E-state index is 0. The molecule has 0 unspecified atom stereocenters. The van der Waals surface area contributed by atoms with Gasteiger partial charge in [-0.3, -0.25) is 4.90 Å². The summed E-state index contributed by atoms with van der Waals surface area (Å²) in [7, 11) is 1.42. The summed E-state index contributed by atoms with van der Waals surface area (Å²) >= 11 is 0. The summed E-state index contributed by atoms with van der Waals surface area (Å²) in [5.74, 6) is 1.01. The highest BCUT2D eigenvalue weighted by Gasteiger charge is 2.20. The molecule has 1 heterocycles. The fourth-order valence-corrected chi connectivity index (χ4v) is 3.77. The molecule has 0 spiro atoms. The van der Waals surface area contributed by atoms with Gasteiger partial charge in [0.1, 0.15) is 0 Å². The molecule has 9 heteroatoms. The third kappa shape index (κ3) is 8.96. The minimum Gasteiger partial charge on any atom is -0.493 e. The monoisotopic (exact) mass is 574 g/mol. The van der Waals surface area contributed by atoms with Crippen molar-refractivity contribution in [2.45, 2.75) is 45.5 Å². The van der Waals surface area contributed by atoms with Gasteiger partial charge >= 0.3 is 6.61 Å². The van der Waals surface area contributed by atoms with Crippen LogP contribution in [0.25, 0.3) is 0 Å². The van der Waals surface area contributed by atoms with Crippen LogP contribution in [-0.4, -0.2) is 50.3 Å². The van der Waals surface area contributed by atoms with Crippen LogP contribution in [0.3, 0.4) is 0 Å². The van der Waals surface area contributed by atoms with Gasteiger partial charge in [-0.15, -0.1) is 24.0 Å². The number of methoxy groups -OCH3 is 1. The number of halogens is 3. The first-order valence-electron chi connectivity index (χ1n) is 11.0. The van der Waals surface area contributed by atoms with Crippen LogP contribution in [0.5, 0.6) is 11.5 Å². The van der Waals surface area contributed by atoms with E-state index in [1.165, 1.54) is 12.7 Å². The number of nitrogens with zero attached hydrogens (tertiary/aromatic N) is 2. The van der Waals surface area contributed by atoms with Crippen molar-refractivity contribution >= 4 is 29.9 Å². The number of alkyl halides is 2. The maximum absolute atomic E-state index is 12.7. The lowest BCUT2D eigenvalue weighted by atomic mass is 10.0. The van der Waals surface area contributed by atoms with E-state index in [1.54, 1.807) is 18.2 Å². The maximum Gasteiger partial charge on any atom is 0.387 e. The van der Waals surface area contributed by atoms with Gasteiger partial charge in [-0.1, -0.05) is 36.4 Å². The number of likely N-dealkylation sites (tertiary alicyclic amines) is 1. The first-order chi connectivity index (χ1) is 15.6. The summed E-state index contributed by atoms with van der Waals surface area (Å²) in [6.07, 6.45) is 2.07. The normalized spacial score (nSPS) is 15.1. The molecule has 1 aliphatic heterocycles. The molecule has 1 saturated heterocycles. The topological polar surface area (TPSA) is 58.1 Å². The summed E-state index contributed by atoms with van der Waals surface area (Å²) in [5, 5.41) is 6.79. The molecule has 3 rings (SSSR count). The van der Waals surface area contributed by atoms with Crippen molar-refractivity contribution in [2.24, 2.45) is 4.99 Å². The summed E-state index contributed by atoms with van der Waals surface area (Å²) in [5.41, 5.74) is 2.10. The number of aliphatic imine (C=N–C) groups is 1. The molecule has 6 nitrogen and oxygen atoms in total. The number of hydrogen-bond donors (Lipinski definition) is 2. The van der Waals surface area contributed by atoms with Crippen molar-refractivity contribution < 1.29 is 18.3 Å². The molecule has 182 valence electrons. The van der Waals surface area contributed by atoms with E-state index in [-0.39, 0.29) is 35.5 Å². The first kappa shape index (κ1) is 27.1. The number of rotatable bonds is 9. The molecule has 33 heavy (non-hydrogen) atoms. The maximum atomic E-state index is 12.7. The van der Waals surface area contributed by atoms with E-state index in [0.29, 0.717) is 12.6 Å². The molecule has 1 fully saturated rings. The molecule has 0 aliphatic carbocycles. The molecule has 0 radical (unpaired) electrons. The lowest BCUT2D eigenvalue weighted by Gasteiger charge is -2.33. The molecule has 2 N–H and O–H groups in total. The molecular formula is C24H33F2IN4O2. The Morgan fingerprint density at radius 3 is 2.45 bits per heavy atom. The second-order valence-corrected chi connectivity index (χ2v) is 7.74. The van der Waals surface area contributed by atoms with Gasteiger partial charge in [0.25, 0.3) is 0 Å². The standard InChI is InChI=1S/C24H32F2N4O2.HI/c1-3-27-24(28-16-19-9-10-21(31-2)22(15-19)32-23(25)26)29-20-11-13-30(14-12-20)17-18-7-5-4-6-8-18;/h4-10,15,20,23H,3,11-14,16-17H2,1-2H3,(H2,27,28,29);1H. The van der Waals surface area contributed by atoms with Crippen LogP contribution < -0.4 is 20.1 Å². The van der Waals surface area contributed by atoms with Crippen molar-refractivity contribution in [3.63, 3.8) is 0 Å². The average Bonchev–Trinajstić information content (AvgIpc) is 2.79. The van der Waals surface area contributed by atoms with Crippen molar-refractivity contribution in [1.82, 2.24) is 15.5 Å². The second-order valence-electron chi connectivity index (χ2n) is 7.74. The smallest absolute Gasteiger partial charge is 0.387 e. The summed E-state index contributed by atoms with van der Waals surface area (Å²) in [6.45, 7) is 3.21. The van der Waals surface area contributed by atoms with E-state index in [4.69, 9.17) is 4.74 Å². The molecule has 0 saturated carbocycles. The van der Waals surface area contributed by atoms with Crippen molar-refractivity contribution in [3.8, 4) is 11.5 Å². The summed E-state index contributed by atoms with van der Waals surface area (Å²) in [4.78, 5) is 7.11. The molecule has 1 aliphatic rings. The molecule has 0 atom stereocenters. The van der Waals surface area contributed by atoms with Crippen LogP contribution >= 0.6 is 24.0 Å². The van der Waals surface area contributed by atoms with Gasteiger partial charge < -0.3 is 20.1 Å². The largest absolute Gasteiger partial charge is 0.493 e. The third-order valence-electron chi connectivity index (χ3n) is 5.39. The predicted molar refractivity (Wildman–Crippen MR) is 138 cm³/mol. The fourth-order valence-electron chi connectivity index (χ4n) is 3.77. The van der Waals surface area contributed by atoms with E-state index in [9.17, 15) is 8.78 Å². The van der Waals surface area contributed by atoms with E-state index < -0.39 is 6.61 Å². The van der Waals surface area contributed by atoms with Crippen LogP contribution in [0, 0.1) is 0 Å². The van der Waals surface area contributed by atoms with Gasteiger partial charge in [0.15, 0.2) is 17.5 Å². The average molecular weight is 574 g/mol. The zero-order valence-electron chi connectivity index (χ0n) is 19.1. The minimum atomic E-state index is -2.91. The van der Waals surface area contributed by atoms with E-state index in [1.807, 2.05) is 13.0 Å². The molecule has 0 aromatic heterocycles. The van der Waals surface area contributed by atoms with Crippen LogP contribution in [0.2, 0.25) is 0 Å². The summed E-state index contributed by atoms with van der Waals surface area (Å²) < 4.78 is 35.0. The highest BCUT2D eigenvalue weighted by atomic mass is 127. The highest BCUT2D eigenvalue weighted by molar-refractivity contribution is 14.0. The Morgan fingerprint density at radius 1 is 1.09 bits per heavy atom. The van der Waals surface area contributed by atoms with E-state index >= 15 is 0 Å². The second kappa shape index (κ2) is 14.2. The fraction of sp³-hybridized carbons (Fsp3) is 0.458. The number of nitrogens with one attached hydrogen (secondary N) is 2. The number of guanidine groups is 1. The third-order valence-corrected chi connectivity index (χ3v) is 5.39. The quantitative estimate of drug-likeness (QED) is 0.260. The van der Waals surface area contributed by atoms with Crippen LogP contribution in [0.15, 0.2) is 53.5 Å². The molecule has 2 aromatic rings. The predicted octanol–water partition coefficient (Wildman–Crippen LogP) is 4.63. The van der Waals surface area contributed by atoms with Gasteiger partial charge in [0.05, 0.1) is 13.7 Å². The van der Waals surface area contributed by atoms with Crippen LogP contribution in [0.1, 0.15) is 30.9 Å². The van der Waals surface area contributed by atoms with Crippen molar-refractivity contribution in [3.05, 3.63) is 59.7 Å². The molecule has 0 bridgehead atoms. The highest BCUT2D eigenvalue weighted by Crippen LogP contribution is 2.29. The molecule has 0 amide bonds. The van der Waals surface area contributed by atoms with Crippen molar-refractivity contribution in [1.29, 1.82) is 0 Å². The molecule has 2 aromatic carbocycles. The van der Waals surface area contributed by atoms with Gasteiger partial charge in [0.2, 0.25) is 0 Å².